The Labute approximate surface area is 164 Å². The molecule has 2 heterocycles. The Morgan fingerprint density at radius 2 is 1.79 bits per heavy atom. The van der Waals surface area contributed by atoms with E-state index in [0.717, 1.165) is 22.7 Å². The van der Waals surface area contributed by atoms with Crippen LogP contribution in [-0.4, -0.2) is 22.8 Å². The number of methoxy groups -OCH3 is 1. The average molecular weight is 376 g/mol. The van der Waals surface area contributed by atoms with E-state index in [-0.39, 0.29) is 17.6 Å². The summed E-state index contributed by atoms with van der Waals surface area (Å²) in [6, 6.07) is 15.1. The van der Waals surface area contributed by atoms with Gasteiger partial charge in [0.1, 0.15) is 11.9 Å². The topological polar surface area (TPSA) is 59.4 Å². The van der Waals surface area contributed by atoms with Crippen LogP contribution in [0.15, 0.2) is 60.9 Å². The van der Waals surface area contributed by atoms with E-state index >= 15 is 0 Å². The summed E-state index contributed by atoms with van der Waals surface area (Å²) in [5.74, 6) is 0.701. The molecule has 1 aliphatic heterocycles. The summed E-state index contributed by atoms with van der Waals surface area (Å²) < 4.78 is 7.18. The van der Waals surface area contributed by atoms with Crippen LogP contribution >= 0.6 is 0 Å². The fraction of sp³-hybridized carbons (Fsp3) is 0.273. The second kappa shape index (κ2) is 6.71. The maximum atomic E-state index is 13.4. The molecular weight excluding hydrogens is 352 g/mol. The largest absolute Gasteiger partial charge is 0.497 e. The van der Waals surface area contributed by atoms with E-state index in [1.807, 2.05) is 65.6 Å². The highest BCUT2D eigenvalue weighted by molar-refractivity contribution is 6.12. The number of ether oxygens (including phenoxy) is 1. The molecule has 4 rings (SSSR count). The van der Waals surface area contributed by atoms with Crippen molar-refractivity contribution >= 4 is 17.3 Å². The van der Waals surface area contributed by atoms with Gasteiger partial charge in [0.25, 0.3) is 5.91 Å². The smallest absolute Gasteiger partial charge is 0.262 e. The number of benzene rings is 2. The van der Waals surface area contributed by atoms with Gasteiger partial charge in [0.05, 0.1) is 24.4 Å². The maximum Gasteiger partial charge on any atom is 0.262 e. The Hall–Kier alpha value is -3.28. The fourth-order valence-electron chi connectivity index (χ4n) is 3.34. The molecule has 6 heteroatoms. The summed E-state index contributed by atoms with van der Waals surface area (Å²) in [7, 11) is 1.63. The first-order valence-electron chi connectivity index (χ1n) is 9.27. The molecule has 6 nitrogen and oxygen atoms in total. The molecular formula is C22H24N4O2. The molecule has 1 aromatic heterocycles. The number of nitrogens with one attached hydrogen (secondary N) is 1. The van der Waals surface area contributed by atoms with Gasteiger partial charge >= 0.3 is 0 Å². The van der Waals surface area contributed by atoms with Crippen molar-refractivity contribution in [3.63, 3.8) is 0 Å². The van der Waals surface area contributed by atoms with E-state index in [9.17, 15) is 4.79 Å². The number of nitrogens with zero attached hydrogens (tertiary/aromatic N) is 3. The lowest BCUT2D eigenvalue weighted by molar-refractivity contribution is 0.0975. The third-order valence-electron chi connectivity index (χ3n) is 4.88. The summed E-state index contributed by atoms with van der Waals surface area (Å²) >= 11 is 0. The van der Waals surface area contributed by atoms with Crippen molar-refractivity contribution in [3.05, 3.63) is 72.1 Å². The number of anilines is 2. The van der Waals surface area contributed by atoms with E-state index in [1.54, 1.807) is 12.0 Å². The van der Waals surface area contributed by atoms with Crippen molar-refractivity contribution < 1.29 is 9.53 Å². The molecule has 28 heavy (non-hydrogen) atoms. The minimum atomic E-state index is -0.355. The normalized spacial score (nSPS) is 16.5. The van der Waals surface area contributed by atoms with Crippen molar-refractivity contribution in [2.45, 2.75) is 32.5 Å². The van der Waals surface area contributed by atoms with Crippen LogP contribution in [0.1, 0.15) is 42.9 Å². The summed E-state index contributed by atoms with van der Waals surface area (Å²) in [5, 5.41) is 8.02. The zero-order valence-corrected chi connectivity index (χ0v) is 16.5. The summed E-state index contributed by atoms with van der Waals surface area (Å²) in [6.07, 6.45) is 3.46. The molecule has 2 aromatic carbocycles. The minimum absolute atomic E-state index is 0.0481. The number of aromatic nitrogens is 2. The van der Waals surface area contributed by atoms with Gasteiger partial charge in [-0.25, -0.2) is 0 Å². The van der Waals surface area contributed by atoms with Gasteiger partial charge in [-0.05, 0) is 57.2 Å². The lowest BCUT2D eigenvalue weighted by Gasteiger charge is -2.37. The van der Waals surface area contributed by atoms with Gasteiger partial charge in [-0.2, -0.15) is 5.10 Å². The molecule has 0 bridgehead atoms. The molecule has 0 saturated carbocycles. The van der Waals surface area contributed by atoms with Crippen LogP contribution in [0.5, 0.6) is 5.75 Å². The molecule has 1 amide bonds. The van der Waals surface area contributed by atoms with Crippen LogP contribution in [0.25, 0.3) is 0 Å². The molecule has 0 aliphatic carbocycles. The molecule has 1 atom stereocenters. The van der Waals surface area contributed by atoms with E-state index in [4.69, 9.17) is 4.74 Å². The monoisotopic (exact) mass is 376 g/mol. The molecule has 144 valence electrons. The van der Waals surface area contributed by atoms with Crippen LogP contribution in [0.2, 0.25) is 0 Å². The predicted molar refractivity (Wildman–Crippen MR) is 110 cm³/mol. The molecule has 3 aromatic rings. The Morgan fingerprint density at radius 1 is 1.07 bits per heavy atom. The van der Waals surface area contributed by atoms with Crippen molar-refractivity contribution in [3.8, 4) is 5.75 Å². The molecule has 0 spiro atoms. The number of carbonyl (C=O) groups excluding carboxylic acids is 1. The zero-order chi connectivity index (χ0) is 19.9. The van der Waals surface area contributed by atoms with Crippen LogP contribution in [-0.2, 0) is 5.54 Å². The van der Waals surface area contributed by atoms with E-state index in [1.165, 1.54) is 0 Å². The van der Waals surface area contributed by atoms with Crippen LogP contribution in [0.4, 0.5) is 11.4 Å². The first-order valence-corrected chi connectivity index (χ1v) is 9.27. The highest BCUT2D eigenvalue weighted by Gasteiger charge is 2.35. The van der Waals surface area contributed by atoms with Gasteiger partial charge in [-0.1, -0.05) is 12.1 Å². The highest BCUT2D eigenvalue weighted by Crippen LogP contribution is 2.37. The zero-order valence-electron chi connectivity index (χ0n) is 16.5. The summed E-state index contributed by atoms with van der Waals surface area (Å²) in [4.78, 5) is 15.2. The van der Waals surface area contributed by atoms with E-state index < -0.39 is 0 Å². The van der Waals surface area contributed by atoms with Crippen molar-refractivity contribution in [1.29, 1.82) is 0 Å². The van der Waals surface area contributed by atoms with E-state index in [2.05, 4.69) is 31.2 Å². The van der Waals surface area contributed by atoms with Crippen molar-refractivity contribution in [1.82, 2.24) is 9.78 Å². The molecule has 0 radical (unpaired) electrons. The van der Waals surface area contributed by atoms with Crippen LogP contribution in [0.3, 0.4) is 0 Å². The molecule has 1 N–H and O–H groups in total. The third kappa shape index (κ3) is 3.11. The van der Waals surface area contributed by atoms with Gasteiger partial charge in [0.2, 0.25) is 0 Å². The fourth-order valence-corrected chi connectivity index (χ4v) is 3.34. The number of fused-ring (bicyclic) bond motifs is 1. The Bertz CT molecular complexity index is 1000. The number of hydrogen-bond acceptors (Lipinski definition) is 4. The van der Waals surface area contributed by atoms with Gasteiger partial charge < -0.3 is 10.1 Å². The van der Waals surface area contributed by atoms with Gasteiger partial charge in [-0.15, -0.1) is 0 Å². The van der Waals surface area contributed by atoms with Gasteiger partial charge in [-0.3, -0.25) is 14.4 Å². The molecule has 1 aliphatic rings. The van der Waals surface area contributed by atoms with Crippen LogP contribution in [0, 0.1) is 0 Å². The Morgan fingerprint density at radius 3 is 2.43 bits per heavy atom. The number of carbonyl (C=O) groups is 1. The average Bonchev–Trinajstić information content (AvgIpc) is 3.19. The molecule has 0 saturated heterocycles. The van der Waals surface area contributed by atoms with Crippen molar-refractivity contribution in [2.24, 2.45) is 0 Å². The maximum absolute atomic E-state index is 13.4. The summed E-state index contributed by atoms with van der Waals surface area (Å²) in [5.41, 5.74) is 3.05. The first kappa shape index (κ1) is 18.1. The molecule has 1 unspecified atom stereocenters. The van der Waals surface area contributed by atoms with E-state index in [0.29, 0.717) is 5.56 Å². The highest BCUT2D eigenvalue weighted by atomic mass is 16.5. The second-order valence-corrected chi connectivity index (χ2v) is 7.85. The third-order valence-corrected chi connectivity index (χ3v) is 4.88. The van der Waals surface area contributed by atoms with Crippen molar-refractivity contribution in [2.75, 3.05) is 17.3 Å². The first-order chi connectivity index (χ1) is 13.4. The second-order valence-electron chi connectivity index (χ2n) is 7.85. The quantitative estimate of drug-likeness (QED) is 0.735. The van der Waals surface area contributed by atoms with Gasteiger partial charge in [0, 0.05) is 23.1 Å². The lowest BCUT2D eigenvalue weighted by atomic mass is 10.0. The minimum Gasteiger partial charge on any atom is -0.497 e. The number of para-hydroxylation sites is 1. The lowest BCUT2D eigenvalue weighted by Crippen LogP contribution is -2.43. The predicted octanol–water partition coefficient (Wildman–Crippen LogP) is 4.42. The number of amides is 1. The summed E-state index contributed by atoms with van der Waals surface area (Å²) in [6.45, 7) is 6.29. The molecule has 0 fully saturated rings. The Kier molecular flexibility index (Phi) is 4.34. The van der Waals surface area contributed by atoms with Crippen LogP contribution < -0.4 is 15.0 Å². The van der Waals surface area contributed by atoms with Gasteiger partial charge in [0.15, 0.2) is 0 Å². The standard InChI is InChI=1S/C22H24N4O2/c1-22(2,3)25-14-15(13-23-25)20-24-19-8-6-5-7-18(19)21(27)26(20)16-9-11-17(28-4)12-10-16/h5-14,20,24H,1-4H3. The SMILES string of the molecule is COc1ccc(N2C(=O)c3ccccc3NC2c2cnn(C(C)(C)C)c2)cc1. The number of hydrogen-bond donors (Lipinski definition) is 1. The number of rotatable bonds is 3. The Balaban J connectivity index is 1.81.